The predicted octanol–water partition coefficient (Wildman–Crippen LogP) is -0.0103. The number of hydrogen-bond acceptors (Lipinski definition) is 4. The Morgan fingerprint density at radius 1 is 1.33 bits per heavy atom. The maximum Gasteiger partial charge on any atom is 0.326 e. The third-order valence-corrected chi connectivity index (χ3v) is 2.72. The quantitative estimate of drug-likeness (QED) is 0.592. The van der Waals surface area contributed by atoms with E-state index in [0.717, 1.165) is 12.8 Å². The lowest BCUT2D eigenvalue weighted by Gasteiger charge is -2.15. The van der Waals surface area contributed by atoms with E-state index in [9.17, 15) is 14.4 Å². The molecule has 3 N–H and O–H groups in total. The fourth-order valence-corrected chi connectivity index (χ4v) is 1.79. The molecular formula is C11H17NO6. The van der Waals surface area contributed by atoms with Crippen LogP contribution in [0, 0.1) is 0 Å². The van der Waals surface area contributed by atoms with Crippen molar-refractivity contribution in [3.63, 3.8) is 0 Å². The SMILES string of the molecule is O=C(O)CC[C@@H](NC(=O)CC1CCCO1)C(=O)O. The van der Waals surface area contributed by atoms with Crippen LogP contribution in [-0.4, -0.2) is 46.8 Å². The van der Waals surface area contributed by atoms with E-state index in [1.807, 2.05) is 0 Å². The van der Waals surface area contributed by atoms with Crippen LogP contribution in [0.2, 0.25) is 0 Å². The van der Waals surface area contributed by atoms with Crippen molar-refractivity contribution in [3.8, 4) is 0 Å². The van der Waals surface area contributed by atoms with Crippen LogP contribution in [0.5, 0.6) is 0 Å². The minimum atomic E-state index is -1.23. The molecule has 1 aliphatic heterocycles. The lowest BCUT2D eigenvalue weighted by atomic mass is 10.1. The molecule has 18 heavy (non-hydrogen) atoms. The minimum Gasteiger partial charge on any atom is -0.481 e. The van der Waals surface area contributed by atoms with Crippen LogP contribution in [0.15, 0.2) is 0 Å². The number of ether oxygens (including phenoxy) is 1. The van der Waals surface area contributed by atoms with Crippen molar-refractivity contribution in [3.05, 3.63) is 0 Å². The number of aliphatic carboxylic acids is 2. The summed E-state index contributed by atoms with van der Waals surface area (Å²) in [6, 6.07) is -1.16. The van der Waals surface area contributed by atoms with Gasteiger partial charge in [0, 0.05) is 13.0 Å². The summed E-state index contributed by atoms with van der Waals surface area (Å²) in [6.45, 7) is 0.624. The molecule has 1 saturated heterocycles. The Hall–Kier alpha value is -1.63. The van der Waals surface area contributed by atoms with Gasteiger partial charge in [0.1, 0.15) is 6.04 Å². The summed E-state index contributed by atoms with van der Waals surface area (Å²) in [7, 11) is 0. The first kappa shape index (κ1) is 14.4. The predicted molar refractivity (Wildman–Crippen MR) is 60.0 cm³/mol. The first-order chi connectivity index (χ1) is 8.49. The highest BCUT2D eigenvalue weighted by Crippen LogP contribution is 2.15. The zero-order valence-electron chi connectivity index (χ0n) is 9.92. The molecule has 0 aromatic carbocycles. The average molecular weight is 259 g/mol. The van der Waals surface area contributed by atoms with E-state index in [1.165, 1.54) is 0 Å². The van der Waals surface area contributed by atoms with Gasteiger partial charge in [0.05, 0.1) is 12.5 Å². The third kappa shape index (κ3) is 5.13. The van der Waals surface area contributed by atoms with Crippen molar-refractivity contribution >= 4 is 17.8 Å². The average Bonchev–Trinajstić information content (AvgIpc) is 2.76. The highest BCUT2D eigenvalue weighted by atomic mass is 16.5. The van der Waals surface area contributed by atoms with Crippen LogP contribution >= 0.6 is 0 Å². The third-order valence-electron chi connectivity index (χ3n) is 2.72. The molecule has 102 valence electrons. The highest BCUT2D eigenvalue weighted by molar-refractivity contribution is 5.84. The van der Waals surface area contributed by atoms with Crippen molar-refractivity contribution < 1.29 is 29.3 Å². The van der Waals surface area contributed by atoms with Crippen LogP contribution < -0.4 is 5.32 Å². The number of rotatable bonds is 7. The van der Waals surface area contributed by atoms with Crippen LogP contribution in [0.4, 0.5) is 0 Å². The fraction of sp³-hybridized carbons (Fsp3) is 0.727. The van der Waals surface area contributed by atoms with Crippen LogP contribution in [0.25, 0.3) is 0 Å². The monoisotopic (exact) mass is 259 g/mol. The Balaban J connectivity index is 2.36. The van der Waals surface area contributed by atoms with Gasteiger partial charge >= 0.3 is 11.9 Å². The lowest BCUT2D eigenvalue weighted by molar-refractivity contribution is -0.143. The molecular weight excluding hydrogens is 242 g/mol. The van der Waals surface area contributed by atoms with Gasteiger partial charge in [0.15, 0.2) is 0 Å². The van der Waals surface area contributed by atoms with Gasteiger partial charge < -0.3 is 20.3 Å². The largest absolute Gasteiger partial charge is 0.481 e. The standard InChI is InChI=1S/C11H17NO6/c13-9(6-7-2-1-5-18-7)12-8(11(16)17)3-4-10(14)15/h7-8H,1-6H2,(H,12,13)(H,14,15)(H,16,17)/t7?,8-/m1/s1. The number of carboxylic acid groups (broad SMARTS) is 2. The molecule has 1 unspecified atom stereocenters. The number of carbonyl (C=O) groups excluding carboxylic acids is 1. The molecule has 1 rings (SSSR count). The van der Waals surface area contributed by atoms with Gasteiger partial charge in [-0.1, -0.05) is 0 Å². The summed E-state index contributed by atoms with van der Waals surface area (Å²) in [5.74, 6) is -2.73. The molecule has 0 spiro atoms. The molecule has 1 heterocycles. The van der Waals surface area contributed by atoms with Crippen LogP contribution in [0.1, 0.15) is 32.1 Å². The van der Waals surface area contributed by atoms with E-state index in [-0.39, 0.29) is 25.4 Å². The Bertz CT molecular complexity index is 323. The molecule has 1 fully saturated rings. The Morgan fingerprint density at radius 2 is 2.06 bits per heavy atom. The van der Waals surface area contributed by atoms with Gasteiger partial charge in [-0.2, -0.15) is 0 Å². The van der Waals surface area contributed by atoms with E-state index in [1.54, 1.807) is 0 Å². The number of carboxylic acids is 2. The summed E-state index contributed by atoms with van der Waals surface area (Å²) < 4.78 is 5.26. The summed E-state index contributed by atoms with van der Waals surface area (Å²) >= 11 is 0. The molecule has 0 saturated carbocycles. The summed E-state index contributed by atoms with van der Waals surface area (Å²) in [6.07, 6.45) is 1.24. The molecule has 0 aromatic heterocycles. The van der Waals surface area contributed by atoms with E-state index < -0.39 is 23.9 Å². The molecule has 0 bridgehead atoms. The zero-order chi connectivity index (χ0) is 13.5. The first-order valence-electron chi connectivity index (χ1n) is 5.84. The smallest absolute Gasteiger partial charge is 0.326 e. The molecule has 1 amide bonds. The van der Waals surface area contributed by atoms with Gasteiger partial charge in [-0.25, -0.2) is 4.79 Å². The van der Waals surface area contributed by atoms with Gasteiger partial charge in [-0.15, -0.1) is 0 Å². The van der Waals surface area contributed by atoms with Gasteiger partial charge in [0.2, 0.25) is 5.91 Å². The van der Waals surface area contributed by atoms with Gasteiger partial charge in [-0.3, -0.25) is 9.59 Å². The van der Waals surface area contributed by atoms with Crippen molar-refractivity contribution in [1.29, 1.82) is 0 Å². The second-order valence-corrected chi connectivity index (χ2v) is 4.23. The summed E-state index contributed by atoms with van der Waals surface area (Å²) in [5.41, 5.74) is 0. The molecule has 0 aromatic rings. The minimum absolute atomic E-state index is 0.122. The molecule has 7 heteroatoms. The van der Waals surface area contributed by atoms with Crippen molar-refractivity contribution in [2.24, 2.45) is 0 Å². The van der Waals surface area contributed by atoms with E-state index in [2.05, 4.69) is 5.32 Å². The molecule has 0 aliphatic carbocycles. The Morgan fingerprint density at radius 3 is 2.56 bits per heavy atom. The second kappa shape index (κ2) is 6.95. The van der Waals surface area contributed by atoms with E-state index in [4.69, 9.17) is 14.9 Å². The summed E-state index contributed by atoms with van der Waals surface area (Å²) in [5, 5.41) is 19.7. The maximum atomic E-state index is 11.6. The Kier molecular flexibility index (Phi) is 5.57. The van der Waals surface area contributed by atoms with E-state index >= 15 is 0 Å². The first-order valence-corrected chi connectivity index (χ1v) is 5.84. The highest BCUT2D eigenvalue weighted by Gasteiger charge is 2.24. The number of hydrogen-bond donors (Lipinski definition) is 3. The lowest BCUT2D eigenvalue weighted by Crippen LogP contribution is -2.42. The normalized spacial score (nSPS) is 20.3. The maximum absolute atomic E-state index is 11.6. The van der Waals surface area contributed by atoms with Crippen LogP contribution in [-0.2, 0) is 19.1 Å². The molecule has 2 atom stereocenters. The van der Waals surface area contributed by atoms with Crippen LogP contribution in [0.3, 0.4) is 0 Å². The van der Waals surface area contributed by atoms with Crippen molar-refractivity contribution in [1.82, 2.24) is 5.32 Å². The molecule has 7 nitrogen and oxygen atoms in total. The molecule has 0 radical (unpaired) electrons. The fourth-order valence-electron chi connectivity index (χ4n) is 1.79. The zero-order valence-corrected chi connectivity index (χ0v) is 9.92. The summed E-state index contributed by atoms with van der Waals surface area (Å²) in [4.78, 5) is 32.8. The van der Waals surface area contributed by atoms with Crippen molar-refractivity contribution in [2.75, 3.05) is 6.61 Å². The van der Waals surface area contributed by atoms with Gasteiger partial charge in [0.25, 0.3) is 0 Å². The Labute approximate surface area is 104 Å². The van der Waals surface area contributed by atoms with E-state index in [0.29, 0.717) is 6.61 Å². The van der Waals surface area contributed by atoms with Gasteiger partial charge in [-0.05, 0) is 19.3 Å². The molecule has 1 aliphatic rings. The second-order valence-electron chi connectivity index (χ2n) is 4.23. The number of amides is 1. The number of nitrogens with one attached hydrogen (secondary N) is 1. The topological polar surface area (TPSA) is 113 Å². The van der Waals surface area contributed by atoms with Crippen molar-refractivity contribution in [2.45, 2.75) is 44.2 Å². The number of carbonyl (C=O) groups is 3.